The number of nitrogens with one attached hydrogen (secondary N) is 3. The van der Waals surface area contributed by atoms with Crippen LogP contribution in [-0.4, -0.2) is 56.5 Å². The average molecular weight is 589 g/mol. The number of imidazole rings is 1. The fourth-order valence-electron chi connectivity index (χ4n) is 5.97. The number of fused-ring (bicyclic) bond motifs is 1. The van der Waals surface area contributed by atoms with Gasteiger partial charge >= 0.3 is 12.1 Å². The Morgan fingerprint density at radius 2 is 1.70 bits per heavy atom. The summed E-state index contributed by atoms with van der Waals surface area (Å²) in [5, 5.41) is 19.7. The lowest BCUT2D eigenvalue weighted by Crippen LogP contribution is -2.54. The largest absolute Gasteiger partial charge is 0.354 e. The standard InChI is InChI=1S/C30H36N8O5/c31-29(40)33-16-22-6-4-5-21(13-22)15-32-28(39)26-14-25-27(18-37(26)30(41)35-23-7-2-1-3-8-23)36(19-34-25)17-20-9-11-24(12-10-20)38(42)43/h1-3,7-12,19,21-22,26H,4-6,13-18H2,(H,32,39)(H,35,41)(H3,31,33,40). The van der Waals surface area contributed by atoms with Crippen molar-refractivity contribution in [2.24, 2.45) is 17.6 Å². The highest BCUT2D eigenvalue weighted by molar-refractivity contribution is 5.94. The molecule has 3 unspecified atom stereocenters. The van der Waals surface area contributed by atoms with E-state index in [-0.39, 0.29) is 30.5 Å². The van der Waals surface area contributed by atoms with Gasteiger partial charge in [-0.05, 0) is 48.8 Å². The third-order valence-corrected chi connectivity index (χ3v) is 8.23. The number of benzene rings is 2. The van der Waals surface area contributed by atoms with Crippen molar-refractivity contribution in [1.29, 1.82) is 0 Å². The molecule has 0 radical (unpaired) electrons. The van der Waals surface area contributed by atoms with Crippen molar-refractivity contribution in [2.45, 2.75) is 51.2 Å². The molecule has 13 heteroatoms. The van der Waals surface area contributed by atoms with Gasteiger partial charge in [0.25, 0.3) is 5.69 Å². The number of carbonyl (C=O) groups excluding carboxylic acids is 3. The Hall–Kier alpha value is -4.94. The Balaban J connectivity index is 1.30. The molecular formula is C30H36N8O5. The first kappa shape index (κ1) is 29.5. The van der Waals surface area contributed by atoms with E-state index in [4.69, 9.17) is 5.73 Å². The first-order chi connectivity index (χ1) is 20.8. The van der Waals surface area contributed by atoms with Gasteiger partial charge in [0.2, 0.25) is 5.91 Å². The number of hydrogen-bond acceptors (Lipinski definition) is 6. The van der Waals surface area contributed by atoms with Crippen LogP contribution in [0.1, 0.15) is 42.6 Å². The van der Waals surface area contributed by atoms with Crippen LogP contribution in [0.25, 0.3) is 0 Å². The second kappa shape index (κ2) is 13.4. The highest BCUT2D eigenvalue weighted by Crippen LogP contribution is 2.29. The van der Waals surface area contributed by atoms with E-state index >= 15 is 0 Å². The molecule has 1 aromatic heterocycles. The van der Waals surface area contributed by atoms with Gasteiger partial charge in [-0.3, -0.25) is 14.9 Å². The number of hydrogen-bond donors (Lipinski definition) is 4. The molecular weight excluding hydrogens is 552 g/mol. The second-order valence-corrected chi connectivity index (χ2v) is 11.2. The molecule has 2 aromatic carbocycles. The van der Waals surface area contributed by atoms with Crippen LogP contribution in [0.15, 0.2) is 60.9 Å². The molecule has 1 aliphatic carbocycles. The average Bonchev–Trinajstić information content (AvgIpc) is 3.40. The number of non-ortho nitro benzene ring substituents is 1. The highest BCUT2D eigenvalue weighted by atomic mass is 16.6. The summed E-state index contributed by atoms with van der Waals surface area (Å²) in [5.74, 6) is 0.341. The molecule has 2 heterocycles. The smallest absolute Gasteiger partial charge is 0.322 e. The Morgan fingerprint density at radius 3 is 2.37 bits per heavy atom. The van der Waals surface area contributed by atoms with Gasteiger partial charge in [0.05, 0.1) is 29.2 Å². The minimum atomic E-state index is -0.755. The topological polar surface area (TPSA) is 178 Å². The molecule has 5 rings (SSSR count). The molecule has 0 saturated heterocycles. The van der Waals surface area contributed by atoms with Crippen LogP contribution in [0.4, 0.5) is 21.0 Å². The van der Waals surface area contributed by atoms with Crippen LogP contribution in [0.2, 0.25) is 0 Å². The van der Waals surface area contributed by atoms with E-state index in [1.54, 1.807) is 35.5 Å². The molecule has 0 spiro atoms. The molecule has 5 N–H and O–H groups in total. The molecule has 2 aliphatic rings. The quantitative estimate of drug-likeness (QED) is 0.220. The van der Waals surface area contributed by atoms with Crippen LogP contribution in [0.3, 0.4) is 0 Å². The number of para-hydroxylation sites is 1. The summed E-state index contributed by atoms with van der Waals surface area (Å²) in [7, 11) is 0. The summed E-state index contributed by atoms with van der Waals surface area (Å²) < 4.78 is 1.91. The van der Waals surface area contributed by atoms with E-state index in [0.717, 1.165) is 42.6 Å². The number of nitrogens with zero attached hydrogens (tertiary/aromatic N) is 4. The van der Waals surface area contributed by atoms with Gasteiger partial charge in [-0.1, -0.05) is 36.8 Å². The van der Waals surface area contributed by atoms with Crippen molar-refractivity contribution in [2.75, 3.05) is 18.4 Å². The Labute approximate surface area is 249 Å². The molecule has 1 aliphatic heterocycles. The van der Waals surface area contributed by atoms with Crippen LogP contribution < -0.4 is 21.7 Å². The summed E-state index contributed by atoms with van der Waals surface area (Å²) in [6, 6.07) is 13.7. The molecule has 1 saturated carbocycles. The highest BCUT2D eigenvalue weighted by Gasteiger charge is 2.37. The van der Waals surface area contributed by atoms with Crippen molar-refractivity contribution in [3.8, 4) is 0 Å². The third kappa shape index (κ3) is 7.48. The SMILES string of the molecule is NC(=O)NCC1CCCC(CNC(=O)C2Cc3ncn(Cc4ccc([N+](=O)[O-])cc4)c3CN2C(=O)Nc2ccccc2)C1. The van der Waals surface area contributed by atoms with E-state index in [0.29, 0.717) is 31.2 Å². The van der Waals surface area contributed by atoms with Crippen molar-refractivity contribution in [3.05, 3.63) is 88.0 Å². The van der Waals surface area contributed by atoms with Gasteiger partial charge < -0.3 is 31.2 Å². The minimum absolute atomic E-state index is 0.0140. The fourth-order valence-corrected chi connectivity index (χ4v) is 5.97. The maximum atomic E-state index is 13.6. The number of nitrogens with two attached hydrogens (primary N) is 1. The van der Waals surface area contributed by atoms with Crippen molar-refractivity contribution < 1.29 is 19.3 Å². The summed E-state index contributed by atoms with van der Waals surface area (Å²) >= 11 is 0. The number of carbonyl (C=O) groups is 3. The predicted molar refractivity (Wildman–Crippen MR) is 159 cm³/mol. The number of anilines is 1. The first-order valence-electron chi connectivity index (χ1n) is 14.5. The lowest BCUT2D eigenvalue weighted by Gasteiger charge is -2.35. The first-order valence-corrected chi connectivity index (χ1v) is 14.5. The predicted octanol–water partition coefficient (Wildman–Crippen LogP) is 3.39. The zero-order valence-corrected chi connectivity index (χ0v) is 23.8. The van der Waals surface area contributed by atoms with E-state index in [2.05, 4.69) is 20.9 Å². The molecule has 13 nitrogen and oxygen atoms in total. The molecule has 5 amide bonds. The molecule has 0 bridgehead atoms. The number of nitro groups is 1. The number of aromatic nitrogens is 2. The number of nitro benzene ring substituents is 1. The van der Waals surface area contributed by atoms with E-state index in [1.807, 2.05) is 22.8 Å². The Morgan fingerprint density at radius 1 is 1.00 bits per heavy atom. The van der Waals surface area contributed by atoms with Gasteiger partial charge in [-0.25, -0.2) is 14.6 Å². The summed E-state index contributed by atoms with van der Waals surface area (Å²) in [4.78, 5) is 55.0. The van der Waals surface area contributed by atoms with Crippen LogP contribution in [0.5, 0.6) is 0 Å². The minimum Gasteiger partial charge on any atom is -0.354 e. The zero-order valence-electron chi connectivity index (χ0n) is 23.8. The van der Waals surface area contributed by atoms with Gasteiger partial charge in [0.15, 0.2) is 0 Å². The van der Waals surface area contributed by atoms with E-state index in [1.165, 1.54) is 12.1 Å². The summed E-state index contributed by atoms with van der Waals surface area (Å²) in [6.45, 7) is 1.60. The van der Waals surface area contributed by atoms with Crippen LogP contribution in [0, 0.1) is 22.0 Å². The van der Waals surface area contributed by atoms with Gasteiger partial charge in [0, 0.05) is 43.9 Å². The van der Waals surface area contributed by atoms with Crippen molar-refractivity contribution in [3.63, 3.8) is 0 Å². The van der Waals surface area contributed by atoms with Gasteiger partial charge in [-0.2, -0.15) is 0 Å². The maximum absolute atomic E-state index is 13.6. The molecule has 226 valence electrons. The zero-order chi connectivity index (χ0) is 30.3. The number of amides is 5. The third-order valence-electron chi connectivity index (χ3n) is 8.23. The van der Waals surface area contributed by atoms with Crippen LogP contribution in [-0.2, 0) is 24.3 Å². The van der Waals surface area contributed by atoms with Crippen molar-refractivity contribution >= 4 is 29.3 Å². The summed E-state index contributed by atoms with van der Waals surface area (Å²) in [6.07, 6.45) is 5.81. The van der Waals surface area contributed by atoms with Gasteiger partial charge in [0.1, 0.15) is 6.04 Å². The lowest BCUT2D eigenvalue weighted by molar-refractivity contribution is -0.384. The fraction of sp³-hybridized carbons (Fsp3) is 0.400. The number of primary amides is 1. The normalized spacial score (nSPS) is 19.6. The number of rotatable bonds is 9. The Bertz CT molecular complexity index is 1460. The monoisotopic (exact) mass is 588 g/mol. The molecule has 1 fully saturated rings. The summed E-state index contributed by atoms with van der Waals surface area (Å²) in [5.41, 5.74) is 8.26. The molecule has 3 aromatic rings. The van der Waals surface area contributed by atoms with E-state index < -0.39 is 23.0 Å². The van der Waals surface area contributed by atoms with E-state index in [9.17, 15) is 24.5 Å². The second-order valence-electron chi connectivity index (χ2n) is 11.2. The molecule has 43 heavy (non-hydrogen) atoms. The van der Waals surface area contributed by atoms with Crippen LogP contribution >= 0.6 is 0 Å². The molecule has 3 atom stereocenters. The Kier molecular flexibility index (Phi) is 9.18. The number of urea groups is 2. The van der Waals surface area contributed by atoms with Gasteiger partial charge in [-0.15, -0.1) is 0 Å². The maximum Gasteiger partial charge on any atom is 0.322 e. The lowest BCUT2D eigenvalue weighted by atomic mass is 9.81. The van der Waals surface area contributed by atoms with Crippen molar-refractivity contribution in [1.82, 2.24) is 25.1 Å².